The molecule has 1 amide bonds. The third kappa shape index (κ3) is 5.94. The lowest BCUT2D eigenvalue weighted by Crippen LogP contribution is -2.21. The monoisotopic (exact) mass is 355 g/mol. The van der Waals surface area contributed by atoms with Crippen LogP contribution in [0.15, 0.2) is 30.4 Å². The summed E-state index contributed by atoms with van der Waals surface area (Å²) in [5, 5.41) is 1.82. The zero-order chi connectivity index (χ0) is 18.5. The Hall–Kier alpha value is -2.52. The van der Waals surface area contributed by atoms with Gasteiger partial charge in [-0.3, -0.25) is 4.79 Å². The van der Waals surface area contributed by atoms with Gasteiger partial charge in [0.1, 0.15) is 0 Å². The molecule has 0 aromatic heterocycles. The fraction of sp³-hybridized carbons (Fsp3) is 0.286. The minimum atomic E-state index is -5.03. The molecule has 24 heavy (non-hydrogen) atoms. The van der Waals surface area contributed by atoms with Gasteiger partial charge >= 0.3 is 18.3 Å². The van der Waals surface area contributed by atoms with Crippen molar-refractivity contribution in [1.29, 1.82) is 0 Å². The average molecular weight is 355 g/mol. The van der Waals surface area contributed by atoms with Crippen LogP contribution in [0.5, 0.6) is 0 Å². The Labute approximate surface area is 132 Å². The number of ether oxygens (including phenoxy) is 1. The Morgan fingerprint density at radius 3 is 1.96 bits per heavy atom. The summed E-state index contributed by atoms with van der Waals surface area (Å²) in [6.45, 7) is 0.642. The maximum atomic E-state index is 12.7. The summed E-state index contributed by atoms with van der Waals surface area (Å²) in [6.07, 6.45) is -7.75. The Bertz CT molecular complexity index is 617. The number of halogens is 6. The number of allylic oxidation sites excluding steroid dienone is 1. The number of benzene rings is 1. The molecule has 0 saturated heterocycles. The van der Waals surface area contributed by atoms with Crippen molar-refractivity contribution >= 4 is 17.6 Å². The number of esters is 1. The summed E-state index contributed by atoms with van der Waals surface area (Å²) in [6, 6.07) is 0.629. The van der Waals surface area contributed by atoms with Crippen LogP contribution < -0.4 is 5.32 Å². The minimum Gasteiger partial charge on any atom is -0.452 e. The SMILES string of the molecule is C/C=C/C(=O)OCC(=O)Nc1cc(C(F)(F)F)cc(C(F)(F)F)c1. The molecule has 0 bridgehead atoms. The van der Waals surface area contributed by atoms with Crippen LogP contribution in [-0.2, 0) is 26.7 Å². The molecule has 0 atom stereocenters. The zero-order valence-electron chi connectivity index (χ0n) is 12.1. The van der Waals surface area contributed by atoms with Gasteiger partial charge in [0.25, 0.3) is 5.91 Å². The second-order valence-corrected chi connectivity index (χ2v) is 4.45. The van der Waals surface area contributed by atoms with E-state index in [9.17, 15) is 35.9 Å². The lowest BCUT2D eigenvalue weighted by atomic mass is 10.1. The molecule has 0 spiro atoms. The van der Waals surface area contributed by atoms with Gasteiger partial charge in [-0.1, -0.05) is 6.08 Å². The third-order valence-corrected chi connectivity index (χ3v) is 2.52. The number of carbonyl (C=O) groups is 2. The van der Waals surface area contributed by atoms with Crippen molar-refractivity contribution in [2.75, 3.05) is 11.9 Å². The first-order valence-electron chi connectivity index (χ1n) is 6.32. The largest absolute Gasteiger partial charge is 0.452 e. The van der Waals surface area contributed by atoms with Crippen LogP contribution in [0.4, 0.5) is 32.0 Å². The molecular formula is C14H11F6NO3. The summed E-state index contributed by atoms with van der Waals surface area (Å²) in [5.41, 5.74) is -3.86. The molecule has 1 aromatic carbocycles. The molecule has 4 nitrogen and oxygen atoms in total. The van der Waals surface area contributed by atoms with Crippen molar-refractivity contribution in [2.45, 2.75) is 19.3 Å². The van der Waals surface area contributed by atoms with E-state index in [0.717, 1.165) is 6.08 Å². The van der Waals surface area contributed by atoms with E-state index in [4.69, 9.17) is 0 Å². The maximum absolute atomic E-state index is 12.7. The molecule has 1 N–H and O–H groups in total. The summed E-state index contributed by atoms with van der Waals surface area (Å²) >= 11 is 0. The van der Waals surface area contributed by atoms with Crippen LogP contribution in [0.1, 0.15) is 18.1 Å². The number of alkyl halides is 6. The normalized spacial score (nSPS) is 12.3. The summed E-state index contributed by atoms with van der Waals surface area (Å²) in [7, 11) is 0. The highest BCUT2D eigenvalue weighted by Crippen LogP contribution is 2.37. The lowest BCUT2D eigenvalue weighted by Gasteiger charge is -2.14. The van der Waals surface area contributed by atoms with Crippen LogP contribution >= 0.6 is 0 Å². The molecule has 0 aliphatic carbocycles. The number of rotatable bonds is 4. The van der Waals surface area contributed by atoms with E-state index >= 15 is 0 Å². The smallest absolute Gasteiger partial charge is 0.416 e. The molecule has 0 aliphatic rings. The van der Waals surface area contributed by atoms with E-state index in [1.54, 1.807) is 0 Å². The molecule has 1 aromatic rings. The second-order valence-electron chi connectivity index (χ2n) is 4.45. The Morgan fingerprint density at radius 2 is 1.54 bits per heavy atom. The van der Waals surface area contributed by atoms with Crippen LogP contribution in [-0.4, -0.2) is 18.5 Å². The highest BCUT2D eigenvalue weighted by molar-refractivity contribution is 5.93. The van der Waals surface area contributed by atoms with E-state index in [1.165, 1.54) is 13.0 Å². The first-order chi connectivity index (χ1) is 10.9. The number of hydrogen-bond acceptors (Lipinski definition) is 3. The standard InChI is InChI=1S/C14H11F6NO3/c1-2-3-12(23)24-7-11(22)21-10-5-8(13(15,16)17)4-9(6-10)14(18,19)20/h2-6H,7H2,1H3,(H,21,22)/b3-2+. The predicted molar refractivity (Wildman–Crippen MR) is 70.8 cm³/mol. The number of amides is 1. The van der Waals surface area contributed by atoms with Gasteiger partial charge in [0.2, 0.25) is 0 Å². The Morgan fingerprint density at radius 1 is 1.04 bits per heavy atom. The van der Waals surface area contributed by atoms with Gasteiger partial charge in [-0.05, 0) is 25.1 Å². The quantitative estimate of drug-likeness (QED) is 0.508. The number of nitrogens with one attached hydrogen (secondary N) is 1. The van der Waals surface area contributed by atoms with Gasteiger partial charge in [0.15, 0.2) is 6.61 Å². The highest BCUT2D eigenvalue weighted by Gasteiger charge is 2.37. The molecule has 0 saturated carbocycles. The first-order valence-corrected chi connectivity index (χ1v) is 6.32. The van der Waals surface area contributed by atoms with E-state index in [0.29, 0.717) is 12.1 Å². The topological polar surface area (TPSA) is 55.4 Å². The molecule has 0 heterocycles. The zero-order valence-corrected chi connectivity index (χ0v) is 12.1. The van der Waals surface area contributed by atoms with Gasteiger partial charge in [-0.15, -0.1) is 0 Å². The molecule has 0 unspecified atom stereocenters. The van der Waals surface area contributed by atoms with Gasteiger partial charge in [0.05, 0.1) is 11.1 Å². The van der Waals surface area contributed by atoms with E-state index < -0.39 is 47.7 Å². The van der Waals surface area contributed by atoms with Crippen molar-refractivity contribution in [2.24, 2.45) is 0 Å². The molecular weight excluding hydrogens is 344 g/mol. The molecule has 0 fully saturated rings. The van der Waals surface area contributed by atoms with Gasteiger partial charge < -0.3 is 10.1 Å². The van der Waals surface area contributed by atoms with Crippen LogP contribution in [0, 0.1) is 0 Å². The van der Waals surface area contributed by atoms with Gasteiger partial charge in [-0.25, -0.2) is 4.79 Å². The highest BCUT2D eigenvalue weighted by atomic mass is 19.4. The Kier molecular flexibility index (Phi) is 5.99. The summed E-state index contributed by atoms with van der Waals surface area (Å²) in [4.78, 5) is 22.5. The maximum Gasteiger partial charge on any atom is 0.416 e. The van der Waals surface area contributed by atoms with E-state index in [2.05, 4.69) is 4.74 Å². The van der Waals surface area contributed by atoms with Crippen molar-refractivity contribution in [3.8, 4) is 0 Å². The average Bonchev–Trinajstić information content (AvgIpc) is 2.43. The molecule has 1 rings (SSSR count). The fourth-order valence-corrected chi connectivity index (χ4v) is 1.55. The van der Waals surface area contributed by atoms with Crippen molar-refractivity contribution < 1.29 is 40.7 Å². The summed E-state index contributed by atoms with van der Waals surface area (Å²) < 4.78 is 80.4. The molecule has 132 valence electrons. The first kappa shape index (κ1) is 19.5. The molecule has 0 aliphatic heterocycles. The van der Waals surface area contributed by atoms with E-state index in [1.807, 2.05) is 5.32 Å². The number of carbonyl (C=O) groups excluding carboxylic acids is 2. The number of hydrogen-bond donors (Lipinski definition) is 1. The van der Waals surface area contributed by atoms with Crippen molar-refractivity contribution in [3.05, 3.63) is 41.5 Å². The Balaban J connectivity index is 2.98. The van der Waals surface area contributed by atoms with Crippen molar-refractivity contribution in [3.63, 3.8) is 0 Å². The van der Waals surface area contributed by atoms with E-state index in [-0.39, 0.29) is 6.07 Å². The van der Waals surface area contributed by atoms with Crippen LogP contribution in [0.3, 0.4) is 0 Å². The van der Waals surface area contributed by atoms with Crippen LogP contribution in [0.25, 0.3) is 0 Å². The van der Waals surface area contributed by atoms with Crippen LogP contribution in [0.2, 0.25) is 0 Å². The fourth-order valence-electron chi connectivity index (χ4n) is 1.55. The molecule has 0 radical (unpaired) electrons. The van der Waals surface area contributed by atoms with Gasteiger partial charge in [-0.2, -0.15) is 26.3 Å². The van der Waals surface area contributed by atoms with Gasteiger partial charge in [0, 0.05) is 11.8 Å². The minimum absolute atomic E-state index is 0.0677. The predicted octanol–water partition coefficient (Wildman–Crippen LogP) is 3.78. The molecule has 10 heteroatoms. The third-order valence-electron chi connectivity index (χ3n) is 2.52. The lowest BCUT2D eigenvalue weighted by molar-refractivity contribution is -0.143. The van der Waals surface area contributed by atoms with Crippen molar-refractivity contribution in [1.82, 2.24) is 0 Å². The second kappa shape index (κ2) is 7.37. The number of anilines is 1. The summed E-state index contributed by atoms with van der Waals surface area (Å²) in [5.74, 6) is -1.96.